The zero-order valence-corrected chi connectivity index (χ0v) is 8.30. The lowest BCUT2D eigenvalue weighted by atomic mass is 10.4. The standard InChI is InChI=1S/C6H7BrClN3/c1-2-9-5-4(7)3-10-6(8)11-5/h3-4H,2H2,1H3. The lowest BCUT2D eigenvalue weighted by Crippen LogP contribution is -2.18. The Kier molecular flexibility index (Phi) is 3.20. The van der Waals surface area contributed by atoms with E-state index in [1.807, 2.05) is 6.92 Å². The number of halogens is 2. The van der Waals surface area contributed by atoms with Gasteiger partial charge in [-0.3, -0.25) is 4.99 Å². The normalized spacial score (nSPS) is 27.4. The maximum atomic E-state index is 5.56. The fraction of sp³-hybridized carbons (Fsp3) is 0.500. The Bertz CT molecular complexity index is 234. The smallest absolute Gasteiger partial charge is 0.223 e. The number of hydrogen-bond donors (Lipinski definition) is 0. The van der Waals surface area contributed by atoms with E-state index in [9.17, 15) is 0 Å². The summed E-state index contributed by atoms with van der Waals surface area (Å²) in [7, 11) is 0. The van der Waals surface area contributed by atoms with Crippen molar-refractivity contribution >= 4 is 44.9 Å². The summed E-state index contributed by atoms with van der Waals surface area (Å²) in [4.78, 5) is 11.9. The maximum Gasteiger partial charge on any atom is 0.223 e. The van der Waals surface area contributed by atoms with Crippen LogP contribution >= 0.6 is 27.5 Å². The summed E-state index contributed by atoms with van der Waals surface area (Å²) >= 11 is 8.90. The molecule has 1 rings (SSSR count). The van der Waals surface area contributed by atoms with Crippen molar-refractivity contribution in [2.45, 2.75) is 11.8 Å². The highest BCUT2D eigenvalue weighted by Gasteiger charge is 2.13. The van der Waals surface area contributed by atoms with E-state index in [1.54, 1.807) is 6.21 Å². The van der Waals surface area contributed by atoms with Gasteiger partial charge in [0.05, 0.1) is 0 Å². The fourth-order valence-electron chi connectivity index (χ4n) is 0.663. The second kappa shape index (κ2) is 3.97. The van der Waals surface area contributed by atoms with Gasteiger partial charge in [0, 0.05) is 12.8 Å². The molecule has 0 radical (unpaired) electrons. The highest BCUT2D eigenvalue weighted by Crippen LogP contribution is 2.08. The minimum Gasteiger partial charge on any atom is -0.269 e. The Morgan fingerprint density at radius 2 is 2.55 bits per heavy atom. The third kappa shape index (κ3) is 2.38. The molecule has 0 spiro atoms. The van der Waals surface area contributed by atoms with E-state index >= 15 is 0 Å². The van der Waals surface area contributed by atoms with Gasteiger partial charge in [0.25, 0.3) is 0 Å². The van der Waals surface area contributed by atoms with Gasteiger partial charge in [-0.1, -0.05) is 15.9 Å². The highest BCUT2D eigenvalue weighted by atomic mass is 79.9. The number of rotatable bonds is 1. The van der Waals surface area contributed by atoms with Crippen molar-refractivity contribution < 1.29 is 0 Å². The largest absolute Gasteiger partial charge is 0.269 e. The minimum atomic E-state index is 0.00458. The summed E-state index contributed by atoms with van der Waals surface area (Å²) < 4.78 is 0. The van der Waals surface area contributed by atoms with Gasteiger partial charge < -0.3 is 0 Å². The zero-order valence-electron chi connectivity index (χ0n) is 5.96. The van der Waals surface area contributed by atoms with E-state index in [0.717, 1.165) is 0 Å². The molecule has 3 nitrogen and oxygen atoms in total. The number of nitrogens with zero attached hydrogens (tertiary/aromatic N) is 3. The van der Waals surface area contributed by atoms with Gasteiger partial charge in [-0.15, -0.1) is 0 Å². The average molecular weight is 236 g/mol. The Morgan fingerprint density at radius 3 is 3.18 bits per heavy atom. The molecule has 0 N–H and O–H groups in total. The Labute approximate surface area is 78.4 Å². The van der Waals surface area contributed by atoms with Gasteiger partial charge >= 0.3 is 0 Å². The maximum absolute atomic E-state index is 5.56. The molecule has 11 heavy (non-hydrogen) atoms. The van der Waals surface area contributed by atoms with Crippen molar-refractivity contribution in [3.8, 4) is 0 Å². The SMILES string of the molecule is CCN=C1N=C(Cl)N=CC1Br. The lowest BCUT2D eigenvalue weighted by Gasteiger charge is -2.07. The molecule has 0 aromatic rings. The fourth-order valence-corrected chi connectivity index (χ4v) is 1.17. The van der Waals surface area contributed by atoms with Crippen LogP contribution in [0.3, 0.4) is 0 Å². The van der Waals surface area contributed by atoms with Gasteiger partial charge in [0.15, 0.2) is 0 Å². The van der Waals surface area contributed by atoms with Gasteiger partial charge in [-0.2, -0.15) is 0 Å². The molecule has 0 amide bonds. The van der Waals surface area contributed by atoms with Gasteiger partial charge in [-0.05, 0) is 18.5 Å². The highest BCUT2D eigenvalue weighted by molar-refractivity contribution is 9.10. The van der Waals surface area contributed by atoms with Crippen LogP contribution in [-0.2, 0) is 0 Å². The van der Waals surface area contributed by atoms with E-state index in [2.05, 4.69) is 30.9 Å². The van der Waals surface area contributed by atoms with Crippen molar-refractivity contribution in [1.29, 1.82) is 0 Å². The summed E-state index contributed by atoms with van der Waals surface area (Å²) in [5.74, 6) is 0.688. The average Bonchev–Trinajstić information content (AvgIpc) is 1.98. The number of amidine groups is 2. The van der Waals surface area contributed by atoms with E-state index in [0.29, 0.717) is 12.4 Å². The summed E-state index contributed by atoms with van der Waals surface area (Å²) in [6.45, 7) is 2.65. The number of alkyl halides is 1. The van der Waals surface area contributed by atoms with Crippen molar-refractivity contribution in [2.24, 2.45) is 15.0 Å². The topological polar surface area (TPSA) is 37.1 Å². The summed E-state index contributed by atoms with van der Waals surface area (Å²) in [6.07, 6.45) is 1.67. The first-order chi connectivity index (χ1) is 5.24. The molecular weight excluding hydrogens is 229 g/mol. The van der Waals surface area contributed by atoms with Crippen molar-refractivity contribution in [2.75, 3.05) is 6.54 Å². The Morgan fingerprint density at radius 1 is 1.82 bits per heavy atom. The lowest BCUT2D eigenvalue weighted by molar-refractivity contribution is 1.11. The quantitative estimate of drug-likeness (QED) is 0.492. The van der Waals surface area contributed by atoms with Crippen molar-refractivity contribution in [3.63, 3.8) is 0 Å². The molecule has 1 aliphatic rings. The third-order valence-corrected chi connectivity index (χ3v) is 1.91. The molecule has 0 aliphatic carbocycles. The molecule has 60 valence electrons. The molecule has 5 heteroatoms. The minimum absolute atomic E-state index is 0.00458. The summed E-state index contributed by atoms with van der Waals surface area (Å²) in [6, 6.07) is 0. The molecule has 1 heterocycles. The molecule has 0 aromatic heterocycles. The Balaban J connectivity index is 2.81. The molecular formula is C6H7BrClN3. The van der Waals surface area contributed by atoms with Crippen LogP contribution in [0.15, 0.2) is 15.0 Å². The first kappa shape index (κ1) is 8.87. The molecule has 0 saturated heterocycles. The summed E-state index contributed by atoms with van der Waals surface area (Å²) in [5, 5.41) is 0.243. The van der Waals surface area contributed by atoms with E-state index in [1.165, 1.54) is 0 Å². The van der Waals surface area contributed by atoms with Crippen LogP contribution in [0.2, 0.25) is 0 Å². The second-order valence-electron chi connectivity index (χ2n) is 1.89. The molecule has 1 aliphatic heterocycles. The van der Waals surface area contributed by atoms with Crippen molar-refractivity contribution in [1.82, 2.24) is 0 Å². The van der Waals surface area contributed by atoms with Crippen LogP contribution in [0.5, 0.6) is 0 Å². The van der Waals surface area contributed by atoms with Crippen LogP contribution < -0.4 is 0 Å². The molecule has 0 bridgehead atoms. The first-order valence-electron chi connectivity index (χ1n) is 3.21. The van der Waals surface area contributed by atoms with Gasteiger partial charge in [0.1, 0.15) is 10.7 Å². The third-order valence-electron chi connectivity index (χ3n) is 1.09. The van der Waals surface area contributed by atoms with Crippen LogP contribution in [-0.4, -0.2) is 28.7 Å². The Hall–Kier alpha value is -0.220. The molecule has 0 aromatic carbocycles. The van der Waals surface area contributed by atoms with Crippen molar-refractivity contribution in [3.05, 3.63) is 0 Å². The second-order valence-corrected chi connectivity index (χ2v) is 3.22. The van der Waals surface area contributed by atoms with Crippen LogP contribution in [0.25, 0.3) is 0 Å². The van der Waals surface area contributed by atoms with Crippen LogP contribution in [0.1, 0.15) is 6.92 Å². The predicted molar refractivity (Wildman–Crippen MR) is 52.5 cm³/mol. The monoisotopic (exact) mass is 235 g/mol. The number of hydrogen-bond acceptors (Lipinski definition) is 2. The van der Waals surface area contributed by atoms with Crippen LogP contribution in [0.4, 0.5) is 0 Å². The van der Waals surface area contributed by atoms with Crippen LogP contribution in [0, 0.1) is 0 Å². The summed E-state index contributed by atoms with van der Waals surface area (Å²) in [5.41, 5.74) is 0. The first-order valence-corrected chi connectivity index (χ1v) is 4.50. The van der Waals surface area contributed by atoms with Gasteiger partial charge in [0.2, 0.25) is 5.29 Å². The van der Waals surface area contributed by atoms with Gasteiger partial charge in [-0.25, -0.2) is 9.98 Å². The number of aliphatic imine (C=N–C) groups is 3. The van der Waals surface area contributed by atoms with E-state index in [4.69, 9.17) is 11.6 Å². The van der Waals surface area contributed by atoms with E-state index in [-0.39, 0.29) is 10.1 Å². The van der Waals surface area contributed by atoms with E-state index < -0.39 is 0 Å². The molecule has 1 unspecified atom stereocenters. The predicted octanol–water partition coefficient (Wildman–Crippen LogP) is 1.85. The molecule has 1 atom stereocenters. The zero-order chi connectivity index (χ0) is 8.27. The molecule has 0 saturated carbocycles. The molecule has 0 fully saturated rings.